The highest BCUT2D eigenvalue weighted by Gasteiger charge is 1.87. The molecule has 1 aromatic carbocycles. The third-order valence-electron chi connectivity index (χ3n) is 0.899. The molecule has 0 aliphatic carbocycles. The van der Waals surface area contributed by atoms with Gasteiger partial charge in [0.05, 0.1) is 0 Å². The first-order chi connectivity index (χ1) is 5.81. The highest BCUT2D eigenvalue weighted by atomic mass is 16.2. The van der Waals surface area contributed by atoms with Gasteiger partial charge in [0.1, 0.15) is 0 Å². The zero-order valence-corrected chi connectivity index (χ0v) is 6.34. The van der Waals surface area contributed by atoms with Crippen molar-refractivity contribution in [2.24, 2.45) is 0 Å². The van der Waals surface area contributed by atoms with E-state index in [4.69, 9.17) is 9.59 Å². The van der Waals surface area contributed by atoms with Gasteiger partial charge in [-0.1, -0.05) is 36.4 Å². The Labute approximate surface area is 70.0 Å². The van der Waals surface area contributed by atoms with Crippen LogP contribution in [0.4, 0.5) is 0 Å². The standard InChI is InChI=1S/C6H6.C3H2O3/c1-2-4-6-5-3-1;4-1-3(6)2-5/h1-6H;1-2H. The van der Waals surface area contributed by atoms with Crippen LogP contribution >= 0.6 is 0 Å². The highest BCUT2D eigenvalue weighted by Crippen LogP contribution is 1.79. The van der Waals surface area contributed by atoms with E-state index >= 15 is 0 Å². The SMILES string of the molecule is O=CC(=O)C=O.c1ccccc1. The maximum absolute atomic E-state index is 9.44. The van der Waals surface area contributed by atoms with Crippen LogP contribution in [0.15, 0.2) is 36.4 Å². The molecule has 0 fully saturated rings. The van der Waals surface area contributed by atoms with Crippen LogP contribution in [-0.4, -0.2) is 18.4 Å². The molecule has 62 valence electrons. The van der Waals surface area contributed by atoms with E-state index in [0.29, 0.717) is 0 Å². The molecule has 0 heterocycles. The van der Waals surface area contributed by atoms with Gasteiger partial charge in [0, 0.05) is 0 Å². The van der Waals surface area contributed by atoms with E-state index in [2.05, 4.69) is 0 Å². The first kappa shape index (κ1) is 10.2. The fourth-order valence-corrected chi connectivity index (χ4v) is 0.413. The molecule has 0 unspecified atom stereocenters. The summed E-state index contributed by atoms with van der Waals surface area (Å²) >= 11 is 0. The van der Waals surface area contributed by atoms with Crippen LogP contribution in [0, 0.1) is 0 Å². The minimum absolute atomic E-state index is 0.0347. The Morgan fingerprint density at radius 1 is 0.750 bits per heavy atom. The van der Waals surface area contributed by atoms with Gasteiger partial charge in [-0.2, -0.15) is 0 Å². The Balaban J connectivity index is 0.000000202. The summed E-state index contributed by atoms with van der Waals surface area (Å²) in [5, 5.41) is 0. The van der Waals surface area contributed by atoms with Gasteiger partial charge >= 0.3 is 0 Å². The first-order valence-corrected chi connectivity index (χ1v) is 3.25. The van der Waals surface area contributed by atoms with E-state index in [9.17, 15) is 4.79 Å². The van der Waals surface area contributed by atoms with Gasteiger partial charge in [-0.3, -0.25) is 14.4 Å². The number of ketones is 1. The average molecular weight is 164 g/mol. The molecule has 0 saturated carbocycles. The fourth-order valence-electron chi connectivity index (χ4n) is 0.413. The number of rotatable bonds is 2. The summed E-state index contributed by atoms with van der Waals surface area (Å²) in [6.07, 6.45) is -0.0694. The van der Waals surface area contributed by atoms with E-state index in [1.807, 2.05) is 36.4 Å². The first-order valence-electron chi connectivity index (χ1n) is 3.25. The van der Waals surface area contributed by atoms with Crippen LogP contribution in [0.2, 0.25) is 0 Å². The van der Waals surface area contributed by atoms with Crippen LogP contribution in [0.3, 0.4) is 0 Å². The molecule has 0 bridgehead atoms. The lowest BCUT2D eigenvalue weighted by Gasteiger charge is -1.69. The lowest BCUT2D eigenvalue weighted by molar-refractivity contribution is -0.135. The third-order valence-corrected chi connectivity index (χ3v) is 0.899. The van der Waals surface area contributed by atoms with Crippen LogP contribution in [0.25, 0.3) is 0 Å². The summed E-state index contributed by atoms with van der Waals surface area (Å²) in [5.41, 5.74) is 0. The minimum Gasteiger partial charge on any atom is -0.294 e. The zero-order chi connectivity index (χ0) is 9.23. The Morgan fingerprint density at radius 2 is 1.00 bits per heavy atom. The molecule has 0 aromatic heterocycles. The summed E-state index contributed by atoms with van der Waals surface area (Å²) in [4.78, 5) is 27.8. The topological polar surface area (TPSA) is 51.2 Å². The molecule has 0 spiro atoms. The van der Waals surface area contributed by atoms with Crippen LogP contribution in [0.5, 0.6) is 0 Å². The van der Waals surface area contributed by atoms with Crippen molar-refractivity contribution >= 4 is 18.4 Å². The quantitative estimate of drug-likeness (QED) is 0.366. The van der Waals surface area contributed by atoms with Gasteiger partial charge in [0.15, 0.2) is 12.6 Å². The molecule has 0 saturated heterocycles. The van der Waals surface area contributed by atoms with Crippen LogP contribution in [-0.2, 0) is 14.4 Å². The molecule has 1 aromatic rings. The van der Waals surface area contributed by atoms with E-state index < -0.39 is 5.78 Å². The van der Waals surface area contributed by atoms with Crippen molar-refractivity contribution in [2.75, 3.05) is 0 Å². The molecular formula is C9H8O3. The van der Waals surface area contributed by atoms with Crippen molar-refractivity contribution in [3.8, 4) is 0 Å². The average Bonchev–Trinajstić information content (AvgIpc) is 2.20. The van der Waals surface area contributed by atoms with E-state index in [1.165, 1.54) is 0 Å². The maximum atomic E-state index is 9.44. The summed E-state index contributed by atoms with van der Waals surface area (Å²) in [6.45, 7) is 0. The summed E-state index contributed by atoms with van der Waals surface area (Å²) in [7, 11) is 0. The van der Waals surface area contributed by atoms with Gasteiger partial charge in [-0.05, 0) is 0 Å². The second-order valence-electron chi connectivity index (χ2n) is 1.79. The Hall–Kier alpha value is -1.77. The molecule has 0 N–H and O–H groups in total. The molecule has 0 atom stereocenters. The molecule has 0 amide bonds. The van der Waals surface area contributed by atoms with Gasteiger partial charge in [0.2, 0.25) is 0 Å². The second-order valence-corrected chi connectivity index (χ2v) is 1.79. The molecule has 0 radical (unpaired) electrons. The lowest BCUT2D eigenvalue weighted by Crippen LogP contribution is -1.97. The summed E-state index contributed by atoms with van der Waals surface area (Å²) in [6, 6.07) is 12.0. The summed E-state index contributed by atoms with van der Waals surface area (Å²) < 4.78 is 0. The molecule has 0 aliphatic rings. The van der Waals surface area contributed by atoms with E-state index in [-0.39, 0.29) is 12.6 Å². The summed E-state index contributed by atoms with van der Waals surface area (Å²) in [5.74, 6) is -1.02. The molecule has 3 nitrogen and oxygen atoms in total. The van der Waals surface area contributed by atoms with Crippen molar-refractivity contribution in [3.63, 3.8) is 0 Å². The molecule has 12 heavy (non-hydrogen) atoms. The monoisotopic (exact) mass is 164 g/mol. The number of aldehydes is 2. The van der Waals surface area contributed by atoms with Crippen LogP contribution < -0.4 is 0 Å². The fraction of sp³-hybridized carbons (Fsp3) is 0. The van der Waals surface area contributed by atoms with Crippen molar-refractivity contribution in [1.82, 2.24) is 0 Å². The van der Waals surface area contributed by atoms with Gasteiger partial charge in [-0.15, -0.1) is 0 Å². The largest absolute Gasteiger partial charge is 0.294 e. The third kappa shape index (κ3) is 6.35. The molecule has 3 heteroatoms. The molecule has 1 rings (SSSR count). The number of benzene rings is 1. The maximum Gasteiger partial charge on any atom is 0.257 e. The Bertz CT molecular complexity index is 205. The number of hydrogen-bond acceptors (Lipinski definition) is 3. The Morgan fingerprint density at radius 3 is 1.08 bits per heavy atom. The lowest BCUT2D eigenvalue weighted by atomic mass is 10.4. The Kier molecular flexibility index (Phi) is 6.26. The smallest absolute Gasteiger partial charge is 0.257 e. The van der Waals surface area contributed by atoms with Crippen LogP contribution in [0.1, 0.15) is 0 Å². The number of hydrogen-bond donors (Lipinski definition) is 0. The normalized spacial score (nSPS) is 7.33. The second kappa shape index (κ2) is 7.34. The van der Waals surface area contributed by atoms with Gasteiger partial charge in [0.25, 0.3) is 5.78 Å². The molecule has 0 aliphatic heterocycles. The predicted molar refractivity (Wildman–Crippen MR) is 43.6 cm³/mol. The highest BCUT2D eigenvalue weighted by molar-refractivity contribution is 6.50. The molecular weight excluding hydrogens is 156 g/mol. The van der Waals surface area contributed by atoms with E-state index in [0.717, 1.165) is 0 Å². The van der Waals surface area contributed by atoms with Crippen molar-refractivity contribution in [3.05, 3.63) is 36.4 Å². The van der Waals surface area contributed by atoms with Crippen molar-refractivity contribution < 1.29 is 14.4 Å². The predicted octanol–water partition coefficient (Wildman–Crippen LogP) is 0.640. The number of carbonyl (C=O) groups excluding carboxylic acids is 3. The zero-order valence-electron chi connectivity index (χ0n) is 6.34. The van der Waals surface area contributed by atoms with E-state index in [1.54, 1.807) is 0 Å². The van der Waals surface area contributed by atoms with Crippen molar-refractivity contribution in [2.45, 2.75) is 0 Å². The minimum atomic E-state index is -1.02. The van der Waals surface area contributed by atoms with Gasteiger partial charge in [-0.25, -0.2) is 0 Å². The number of carbonyl (C=O) groups is 3. The van der Waals surface area contributed by atoms with Gasteiger partial charge < -0.3 is 0 Å². The van der Waals surface area contributed by atoms with Crippen molar-refractivity contribution in [1.29, 1.82) is 0 Å². The number of Topliss-reactive ketones (excluding diaryl/α,β-unsaturated/α-hetero) is 1.